The summed E-state index contributed by atoms with van der Waals surface area (Å²) in [5, 5.41) is 4.08. The average Bonchev–Trinajstić information content (AvgIpc) is 3.11. The van der Waals surface area contributed by atoms with Crippen LogP contribution in [0.3, 0.4) is 0 Å². The van der Waals surface area contributed by atoms with E-state index < -0.39 is 0 Å². The molecule has 0 unspecified atom stereocenters. The number of benzene rings is 2. The van der Waals surface area contributed by atoms with Gasteiger partial charge in [0.05, 0.1) is 13.2 Å². The molecule has 0 spiro atoms. The van der Waals surface area contributed by atoms with Gasteiger partial charge in [0.2, 0.25) is 0 Å². The Hall–Kier alpha value is -2.31. The second-order valence-electron chi connectivity index (χ2n) is 7.79. The van der Waals surface area contributed by atoms with Crippen molar-refractivity contribution in [3.05, 3.63) is 63.8 Å². The third-order valence-electron chi connectivity index (χ3n) is 5.89. The molecule has 3 aromatic rings. The summed E-state index contributed by atoms with van der Waals surface area (Å²) in [4.78, 5) is 15.5. The van der Waals surface area contributed by atoms with Gasteiger partial charge in [-0.05, 0) is 68.8 Å². The number of piperidine rings is 1. The molecule has 1 fully saturated rings. The molecule has 1 amide bonds. The van der Waals surface area contributed by atoms with Crippen molar-refractivity contribution in [3.63, 3.8) is 0 Å². The van der Waals surface area contributed by atoms with Gasteiger partial charge in [-0.2, -0.15) is 0 Å². The van der Waals surface area contributed by atoms with Crippen molar-refractivity contribution in [2.45, 2.75) is 32.2 Å². The van der Waals surface area contributed by atoms with Gasteiger partial charge in [-0.3, -0.25) is 9.69 Å². The van der Waals surface area contributed by atoms with E-state index in [1.165, 1.54) is 24.8 Å². The quantitative estimate of drug-likeness (QED) is 0.518. The van der Waals surface area contributed by atoms with Gasteiger partial charge in [0.25, 0.3) is 5.91 Å². The molecule has 2 aromatic carbocycles. The van der Waals surface area contributed by atoms with Crippen molar-refractivity contribution in [1.82, 2.24) is 10.2 Å². The maximum absolute atomic E-state index is 13.0. The van der Waals surface area contributed by atoms with Gasteiger partial charge in [0.15, 0.2) is 5.76 Å². The Morgan fingerprint density at radius 3 is 2.60 bits per heavy atom. The highest BCUT2D eigenvalue weighted by Crippen LogP contribution is 2.29. The third kappa shape index (κ3) is 4.40. The zero-order valence-electron chi connectivity index (χ0n) is 17.4. The first-order valence-corrected chi connectivity index (χ1v) is 11.2. The average molecular weight is 471 g/mol. The summed E-state index contributed by atoms with van der Waals surface area (Å²) in [5.41, 5.74) is 2.77. The van der Waals surface area contributed by atoms with E-state index in [0.29, 0.717) is 12.3 Å². The van der Waals surface area contributed by atoms with Crippen LogP contribution < -0.4 is 10.1 Å². The van der Waals surface area contributed by atoms with E-state index in [1.807, 2.05) is 37.3 Å². The van der Waals surface area contributed by atoms with Crippen LogP contribution in [0.1, 0.15) is 47.0 Å². The molecule has 0 bridgehead atoms. The van der Waals surface area contributed by atoms with Crippen LogP contribution in [0, 0.1) is 6.92 Å². The SMILES string of the molecule is COc1ccc([C@H](CNC(=O)c2oc3ccc(Br)cc3c2C)N2CCCCC2)cc1. The van der Waals surface area contributed by atoms with Crippen LogP contribution in [0.4, 0.5) is 0 Å². The number of nitrogens with zero attached hydrogens (tertiary/aromatic N) is 1. The van der Waals surface area contributed by atoms with Gasteiger partial charge in [-0.1, -0.05) is 34.5 Å². The predicted molar refractivity (Wildman–Crippen MR) is 122 cm³/mol. The number of hydrogen-bond donors (Lipinski definition) is 1. The van der Waals surface area contributed by atoms with E-state index in [2.05, 4.69) is 38.3 Å². The lowest BCUT2D eigenvalue weighted by atomic mass is 10.0. The zero-order valence-corrected chi connectivity index (χ0v) is 19.0. The molecule has 158 valence electrons. The maximum Gasteiger partial charge on any atom is 0.287 e. The normalized spacial score (nSPS) is 15.8. The molecule has 1 saturated heterocycles. The molecule has 5 nitrogen and oxygen atoms in total. The number of carbonyl (C=O) groups excluding carboxylic acids is 1. The molecule has 1 aliphatic heterocycles. The Morgan fingerprint density at radius 1 is 1.17 bits per heavy atom. The zero-order chi connectivity index (χ0) is 21.1. The highest BCUT2D eigenvalue weighted by atomic mass is 79.9. The molecule has 6 heteroatoms. The summed E-state index contributed by atoms with van der Waals surface area (Å²) < 4.78 is 12.1. The predicted octanol–water partition coefficient (Wildman–Crippen LogP) is 5.47. The fourth-order valence-corrected chi connectivity index (χ4v) is 4.55. The van der Waals surface area contributed by atoms with Crippen LogP contribution in [-0.4, -0.2) is 37.6 Å². The van der Waals surface area contributed by atoms with Crippen molar-refractivity contribution in [1.29, 1.82) is 0 Å². The third-order valence-corrected chi connectivity index (χ3v) is 6.39. The summed E-state index contributed by atoms with van der Waals surface area (Å²) in [7, 11) is 1.67. The van der Waals surface area contributed by atoms with Crippen molar-refractivity contribution < 1.29 is 13.9 Å². The number of halogens is 1. The first-order valence-electron chi connectivity index (χ1n) is 10.4. The molecule has 0 aliphatic carbocycles. The number of hydrogen-bond acceptors (Lipinski definition) is 4. The first-order chi connectivity index (χ1) is 14.6. The molecule has 0 radical (unpaired) electrons. The molecule has 30 heavy (non-hydrogen) atoms. The fraction of sp³-hybridized carbons (Fsp3) is 0.375. The van der Waals surface area contributed by atoms with E-state index in [0.717, 1.165) is 39.8 Å². The highest BCUT2D eigenvalue weighted by Gasteiger charge is 2.25. The number of likely N-dealkylation sites (tertiary alicyclic amines) is 1. The van der Waals surface area contributed by atoms with Crippen molar-refractivity contribution in [3.8, 4) is 5.75 Å². The summed E-state index contributed by atoms with van der Waals surface area (Å²) in [6.07, 6.45) is 3.66. The van der Waals surface area contributed by atoms with Gasteiger partial charge in [0, 0.05) is 22.0 Å². The van der Waals surface area contributed by atoms with Gasteiger partial charge >= 0.3 is 0 Å². The Bertz CT molecular complexity index is 1020. The minimum Gasteiger partial charge on any atom is -0.497 e. The summed E-state index contributed by atoms with van der Waals surface area (Å²) >= 11 is 3.49. The number of carbonyl (C=O) groups is 1. The first kappa shape index (κ1) is 20.9. The lowest BCUT2D eigenvalue weighted by Crippen LogP contribution is -2.40. The Balaban J connectivity index is 1.54. The second-order valence-corrected chi connectivity index (χ2v) is 8.71. The van der Waals surface area contributed by atoms with Gasteiger partial charge in [-0.25, -0.2) is 0 Å². The van der Waals surface area contributed by atoms with E-state index >= 15 is 0 Å². The number of nitrogens with one attached hydrogen (secondary N) is 1. The molecule has 4 rings (SSSR count). The monoisotopic (exact) mass is 470 g/mol. The number of aryl methyl sites for hydroxylation is 1. The van der Waals surface area contributed by atoms with E-state index in [-0.39, 0.29) is 11.9 Å². The molecule has 1 aliphatic rings. The largest absolute Gasteiger partial charge is 0.497 e. The van der Waals surface area contributed by atoms with Crippen molar-refractivity contribution in [2.24, 2.45) is 0 Å². The van der Waals surface area contributed by atoms with Gasteiger partial charge in [0.1, 0.15) is 11.3 Å². The number of methoxy groups -OCH3 is 1. The lowest BCUT2D eigenvalue weighted by Gasteiger charge is -2.35. The summed E-state index contributed by atoms with van der Waals surface area (Å²) in [6.45, 7) is 4.55. The Kier molecular flexibility index (Phi) is 6.44. The Morgan fingerprint density at radius 2 is 1.90 bits per heavy atom. The van der Waals surface area contributed by atoms with E-state index in [9.17, 15) is 4.79 Å². The van der Waals surface area contributed by atoms with Gasteiger partial charge in [-0.15, -0.1) is 0 Å². The second kappa shape index (κ2) is 9.23. The van der Waals surface area contributed by atoms with Gasteiger partial charge < -0.3 is 14.5 Å². The van der Waals surface area contributed by atoms with Crippen molar-refractivity contribution >= 4 is 32.8 Å². The number of rotatable bonds is 6. The van der Waals surface area contributed by atoms with Crippen LogP contribution in [0.15, 0.2) is 51.4 Å². The molecule has 1 aromatic heterocycles. The fourth-order valence-electron chi connectivity index (χ4n) is 4.19. The number of amides is 1. The number of ether oxygens (including phenoxy) is 1. The minimum atomic E-state index is -0.171. The lowest BCUT2D eigenvalue weighted by molar-refractivity contribution is 0.0898. The molecular weight excluding hydrogens is 444 g/mol. The topological polar surface area (TPSA) is 54.7 Å². The van der Waals surface area contributed by atoms with Crippen molar-refractivity contribution in [2.75, 3.05) is 26.7 Å². The van der Waals surface area contributed by atoms with Crippen LogP contribution >= 0.6 is 15.9 Å². The number of furan rings is 1. The van der Waals surface area contributed by atoms with Crippen LogP contribution in [-0.2, 0) is 0 Å². The minimum absolute atomic E-state index is 0.124. The molecule has 0 saturated carbocycles. The maximum atomic E-state index is 13.0. The molecule has 1 atom stereocenters. The van der Waals surface area contributed by atoms with Crippen LogP contribution in [0.25, 0.3) is 11.0 Å². The highest BCUT2D eigenvalue weighted by molar-refractivity contribution is 9.10. The van der Waals surface area contributed by atoms with E-state index in [1.54, 1.807) is 7.11 Å². The number of fused-ring (bicyclic) bond motifs is 1. The Labute approximate surface area is 185 Å². The van der Waals surface area contributed by atoms with E-state index in [4.69, 9.17) is 9.15 Å². The standard InChI is InChI=1S/C24H27BrN2O3/c1-16-20-14-18(25)8-11-22(20)30-23(16)24(28)26-15-21(27-12-4-3-5-13-27)17-6-9-19(29-2)10-7-17/h6-11,14,21H,3-5,12-13,15H2,1-2H3,(H,26,28)/t21-/m0/s1. The van der Waals surface area contributed by atoms with Crippen LogP contribution in [0.2, 0.25) is 0 Å². The summed E-state index contributed by atoms with van der Waals surface area (Å²) in [5.74, 6) is 1.05. The smallest absolute Gasteiger partial charge is 0.287 e. The van der Waals surface area contributed by atoms with Crippen LogP contribution in [0.5, 0.6) is 5.75 Å². The molecule has 1 N–H and O–H groups in total. The molecular formula is C24H27BrN2O3. The summed E-state index contributed by atoms with van der Waals surface area (Å²) in [6, 6.07) is 14.1. The molecule has 2 heterocycles.